The molecule has 0 unspecified atom stereocenters. The van der Waals surface area contributed by atoms with Gasteiger partial charge in [-0.2, -0.15) is 13.2 Å². The van der Waals surface area contributed by atoms with Crippen molar-refractivity contribution < 1.29 is 18.0 Å². The fraction of sp³-hybridized carbons (Fsp3) is 0.167. The maximum Gasteiger partial charge on any atom is 0.416 e. The zero-order chi connectivity index (χ0) is 18.6. The number of nitrogens with one attached hydrogen (secondary N) is 1. The van der Waals surface area contributed by atoms with Gasteiger partial charge in [-0.05, 0) is 23.3 Å². The summed E-state index contributed by atoms with van der Waals surface area (Å²) >= 11 is 0. The molecule has 0 radical (unpaired) electrons. The summed E-state index contributed by atoms with van der Waals surface area (Å²) in [7, 11) is 0. The maximum absolute atomic E-state index is 12.5. The minimum Gasteiger partial charge on any atom is -0.347 e. The van der Waals surface area contributed by atoms with E-state index in [0.717, 1.165) is 17.7 Å². The Balaban J connectivity index is 1.57. The van der Waals surface area contributed by atoms with Gasteiger partial charge < -0.3 is 5.32 Å². The molecule has 1 aromatic heterocycles. The Morgan fingerprint density at radius 2 is 1.69 bits per heavy atom. The van der Waals surface area contributed by atoms with Crippen molar-refractivity contribution in [1.82, 2.24) is 20.3 Å². The van der Waals surface area contributed by atoms with Gasteiger partial charge in [-0.1, -0.05) is 47.7 Å². The Hall–Kier alpha value is -3.16. The Labute approximate surface area is 147 Å². The Morgan fingerprint density at radius 1 is 1.00 bits per heavy atom. The van der Waals surface area contributed by atoms with Crippen LogP contribution in [-0.2, 0) is 19.3 Å². The Morgan fingerprint density at radius 3 is 2.35 bits per heavy atom. The Kier molecular flexibility index (Phi) is 5.01. The number of amides is 1. The van der Waals surface area contributed by atoms with Crippen molar-refractivity contribution in [3.05, 3.63) is 83.2 Å². The first kappa shape index (κ1) is 17.7. The van der Waals surface area contributed by atoms with E-state index in [1.54, 1.807) is 4.68 Å². The second-order valence-corrected chi connectivity index (χ2v) is 5.66. The van der Waals surface area contributed by atoms with Crippen LogP contribution in [0.4, 0.5) is 13.2 Å². The molecule has 0 saturated heterocycles. The van der Waals surface area contributed by atoms with E-state index in [-0.39, 0.29) is 12.2 Å². The highest BCUT2D eigenvalue weighted by Gasteiger charge is 2.29. The quantitative estimate of drug-likeness (QED) is 0.760. The van der Waals surface area contributed by atoms with Crippen LogP contribution in [0.25, 0.3) is 0 Å². The van der Waals surface area contributed by atoms with Gasteiger partial charge in [0.05, 0.1) is 18.3 Å². The summed E-state index contributed by atoms with van der Waals surface area (Å²) in [6, 6.07) is 14.2. The van der Waals surface area contributed by atoms with Crippen LogP contribution in [0.5, 0.6) is 0 Å². The molecule has 0 aliphatic carbocycles. The third-order valence-electron chi connectivity index (χ3n) is 3.69. The highest BCUT2D eigenvalue weighted by molar-refractivity contribution is 5.91. The molecule has 0 atom stereocenters. The van der Waals surface area contributed by atoms with E-state index in [2.05, 4.69) is 15.6 Å². The summed E-state index contributed by atoms with van der Waals surface area (Å²) < 4.78 is 39.1. The van der Waals surface area contributed by atoms with E-state index in [1.165, 1.54) is 18.3 Å². The minimum atomic E-state index is -4.38. The van der Waals surface area contributed by atoms with Crippen molar-refractivity contribution in [2.45, 2.75) is 19.3 Å². The molecule has 1 heterocycles. The molecule has 0 fully saturated rings. The van der Waals surface area contributed by atoms with E-state index in [0.29, 0.717) is 12.1 Å². The molecule has 0 saturated carbocycles. The fourth-order valence-corrected chi connectivity index (χ4v) is 2.33. The third-order valence-corrected chi connectivity index (χ3v) is 3.69. The van der Waals surface area contributed by atoms with Crippen molar-refractivity contribution in [2.75, 3.05) is 0 Å². The molecule has 3 aromatic rings. The third kappa shape index (κ3) is 4.47. The first-order chi connectivity index (χ1) is 12.4. The van der Waals surface area contributed by atoms with Crippen LogP contribution >= 0.6 is 0 Å². The van der Waals surface area contributed by atoms with Crippen LogP contribution in [-0.4, -0.2) is 20.9 Å². The normalized spacial score (nSPS) is 11.3. The average molecular weight is 360 g/mol. The largest absolute Gasteiger partial charge is 0.416 e. The molecule has 3 rings (SSSR count). The van der Waals surface area contributed by atoms with Gasteiger partial charge in [0.1, 0.15) is 0 Å². The molecule has 0 bridgehead atoms. The number of rotatable bonds is 5. The van der Waals surface area contributed by atoms with Crippen molar-refractivity contribution in [1.29, 1.82) is 0 Å². The van der Waals surface area contributed by atoms with Gasteiger partial charge in [-0.3, -0.25) is 4.79 Å². The number of hydrogen-bond donors (Lipinski definition) is 1. The van der Waals surface area contributed by atoms with Crippen LogP contribution in [0.2, 0.25) is 0 Å². The summed E-state index contributed by atoms with van der Waals surface area (Å²) in [5, 5.41) is 10.3. The van der Waals surface area contributed by atoms with Gasteiger partial charge in [-0.25, -0.2) is 4.68 Å². The van der Waals surface area contributed by atoms with E-state index in [4.69, 9.17) is 0 Å². The number of halogens is 3. The molecule has 134 valence electrons. The monoisotopic (exact) mass is 360 g/mol. The molecule has 5 nitrogen and oxygen atoms in total. The van der Waals surface area contributed by atoms with Gasteiger partial charge in [0, 0.05) is 6.54 Å². The van der Waals surface area contributed by atoms with Crippen molar-refractivity contribution in [3.63, 3.8) is 0 Å². The highest BCUT2D eigenvalue weighted by atomic mass is 19.4. The second kappa shape index (κ2) is 7.38. The lowest BCUT2D eigenvalue weighted by molar-refractivity contribution is -0.137. The van der Waals surface area contributed by atoms with E-state index in [1.807, 2.05) is 30.3 Å². The smallest absolute Gasteiger partial charge is 0.347 e. The fourth-order valence-electron chi connectivity index (χ4n) is 2.33. The van der Waals surface area contributed by atoms with Crippen LogP contribution in [0, 0.1) is 0 Å². The molecule has 0 aliphatic rings. The van der Waals surface area contributed by atoms with E-state index >= 15 is 0 Å². The van der Waals surface area contributed by atoms with Crippen LogP contribution in [0.3, 0.4) is 0 Å². The number of carbonyl (C=O) groups is 1. The molecule has 1 amide bonds. The predicted octanol–water partition coefficient (Wildman–Crippen LogP) is 3.28. The zero-order valence-electron chi connectivity index (χ0n) is 13.6. The van der Waals surface area contributed by atoms with Gasteiger partial charge in [0.15, 0.2) is 5.69 Å². The Bertz CT molecular complexity index is 873. The van der Waals surface area contributed by atoms with E-state index in [9.17, 15) is 18.0 Å². The maximum atomic E-state index is 12.5. The standard InChI is InChI=1S/C18H15F3N4O/c19-18(20,21)15-8-6-13(7-9-15)10-22-17(26)16-12-25(24-23-16)11-14-4-2-1-3-5-14/h1-9,12H,10-11H2,(H,22,26). The first-order valence-electron chi connectivity index (χ1n) is 7.80. The van der Waals surface area contributed by atoms with Crippen molar-refractivity contribution >= 4 is 5.91 Å². The number of nitrogens with zero attached hydrogens (tertiary/aromatic N) is 3. The van der Waals surface area contributed by atoms with Crippen LogP contribution in [0.15, 0.2) is 60.8 Å². The molecule has 1 N–H and O–H groups in total. The van der Waals surface area contributed by atoms with Crippen molar-refractivity contribution in [2.24, 2.45) is 0 Å². The number of hydrogen-bond acceptors (Lipinski definition) is 3. The molecule has 0 spiro atoms. The van der Waals surface area contributed by atoms with Crippen LogP contribution in [0.1, 0.15) is 27.2 Å². The SMILES string of the molecule is O=C(NCc1ccc(C(F)(F)F)cc1)c1cn(Cc2ccccc2)nn1. The highest BCUT2D eigenvalue weighted by Crippen LogP contribution is 2.29. The number of alkyl halides is 3. The molecule has 2 aromatic carbocycles. The second-order valence-electron chi connectivity index (χ2n) is 5.66. The lowest BCUT2D eigenvalue weighted by atomic mass is 10.1. The van der Waals surface area contributed by atoms with Gasteiger partial charge >= 0.3 is 6.18 Å². The molecule has 8 heteroatoms. The number of benzene rings is 2. The minimum absolute atomic E-state index is 0.0997. The number of carbonyl (C=O) groups excluding carboxylic acids is 1. The lowest BCUT2D eigenvalue weighted by Crippen LogP contribution is -2.23. The van der Waals surface area contributed by atoms with Crippen molar-refractivity contribution in [3.8, 4) is 0 Å². The molecular weight excluding hydrogens is 345 g/mol. The van der Waals surface area contributed by atoms with E-state index < -0.39 is 17.6 Å². The average Bonchev–Trinajstić information content (AvgIpc) is 3.09. The summed E-state index contributed by atoms with van der Waals surface area (Å²) in [4.78, 5) is 12.1. The zero-order valence-corrected chi connectivity index (χ0v) is 13.6. The molecular formula is C18H15F3N4O. The summed E-state index contributed by atoms with van der Waals surface area (Å²) in [5.74, 6) is -0.441. The van der Waals surface area contributed by atoms with Gasteiger partial charge in [0.25, 0.3) is 5.91 Å². The predicted molar refractivity (Wildman–Crippen MR) is 88.2 cm³/mol. The molecule has 0 aliphatic heterocycles. The lowest BCUT2D eigenvalue weighted by Gasteiger charge is -2.08. The summed E-state index contributed by atoms with van der Waals surface area (Å²) in [6.07, 6.45) is -2.85. The van der Waals surface area contributed by atoms with Crippen LogP contribution < -0.4 is 5.32 Å². The number of aromatic nitrogens is 3. The van der Waals surface area contributed by atoms with Gasteiger partial charge in [0.2, 0.25) is 0 Å². The molecule has 26 heavy (non-hydrogen) atoms. The summed E-state index contributed by atoms with van der Waals surface area (Å²) in [6.45, 7) is 0.586. The topological polar surface area (TPSA) is 59.8 Å². The first-order valence-corrected chi connectivity index (χ1v) is 7.80. The van der Waals surface area contributed by atoms with Gasteiger partial charge in [-0.15, -0.1) is 5.10 Å². The summed E-state index contributed by atoms with van der Waals surface area (Å²) in [5.41, 5.74) is 1.00.